The molecular weight excluding hydrogens is 360 g/mol. The number of aromatic nitrogens is 4. The lowest BCUT2D eigenvalue weighted by atomic mass is 10.1. The molecule has 0 aliphatic carbocycles. The van der Waals surface area contributed by atoms with Gasteiger partial charge in [-0.3, -0.25) is 9.89 Å². The van der Waals surface area contributed by atoms with E-state index in [0.29, 0.717) is 17.0 Å². The van der Waals surface area contributed by atoms with E-state index in [0.717, 1.165) is 23.3 Å². The lowest BCUT2D eigenvalue weighted by Crippen LogP contribution is -2.27. The molecule has 144 valence electrons. The zero-order chi connectivity index (χ0) is 19.7. The molecule has 0 saturated carbocycles. The first-order valence-corrected chi connectivity index (χ1v) is 9.52. The Morgan fingerprint density at radius 3 is 2.59 bits per heavy atom. The average Bonchev–Trinajstić information content (AvgIpc) is 3.01. The smallest absolute Gasteiger partial charge is 0.275 e. The predicted octanol–water partition coefficient (Wildman–Crippen LogP) is 3.51. The van der Waals surface area contributed by atoms with Crippen molar-refractivity contribution in [2.24, 2.45) is 0 Å². The van der Waals surface area contributed by atoms with Crippen molar-refractivity contribution >= 4 is 40.7 Å². The van der Waals surface area contributed by atoms with Crippen LogP contribution in [0.25, 0.3) is 10.8 Å². The summed E-state index contributed by atoms with van der Waals surface area (Å²) in [7, 11) is 2.00. The van der Waals surface area contributed by atoms with Crippen molar-refractivity contribution < 1.29 is 0 Å². The number of hydrogen-bond acceptors (Lipinski definition) is 6. The Kier molecular flexibility index (Phi) is 5.46. The summed E-state index contributed by atoms with van der Waals surface area (Å²) < 4.78 is 1.51. The molecule has 0 bridgehead atoms. The second kappa shape index (κ2) is 7.64. The summed E-state index contributed by atoms with van der Waals surface area (Å²) in [6.07, 6.45) is 0. The molecule has 0 aliphatic heterocycles. The SMILES string of the molecule is Cc1cc(Nc2nn(C(C)C)c(=O)c3cc(N(C)CC(C)S)ccc23)n[nH]1. The summed E-state index contributed by atoms with van der Waals surface area (Å²) in [4.78, 5) is 15.1. The second-order valence-corrected chi connectivity index (χ2v) is 8.09. The molecule has 1 atom stereocenters. The van der Waals surface area contributed by atoms with Gasteiger partial charge in [-0.05, 0) is 39.0 Å². The van der Waals surface area contributed by atoms with Crippen LogP contribution in [0.15, 0.2) is 29.1 Å². The highest BCUT2D eigenvalue weighted by Crippen LogP contribution is 2.26. The van der Waals surface area contributed by atoms with Crippen LogP contribution in [0.4, 0.5) is 17.3 Å². The summed E-state index contributed by atoms with van der Waals surface area (Å²) in [5.41, 5.74) is 1.82. The maximum absolute atomic E-state index is 13.0. The van der Waals surface area contributed by atoms with E-state index in [1.54, 1.807) is 0 Å². The fourth-order valence-corrected chi connectivity index (χ4v) is 3.28. The maximum Gasteiger partial charge on any atom is 0.275 e. The fraction of sp³-hybridized carbons (Fsp3) is 0.421. The van der Waals surface area contributed by atoms with Gasteiger partial charge in [-0.2, -0.15) is 22.8 Å². The molecule has 2 aromatic heterocycles. The van der Waals surface area contributed by atoms with Crippen LogP contribution in [-0.4, -0.2) is 38.8 Å². The molecular formula is C19H26N6OS. The first kappa shape index (κ1) is 19.3. The van der Waals surface area contributed by atoms with Crippen molar-refractivity contribution in [2.45, 2.75) is 39.0 Å². The van der Waals surface area contributed by atoms with Crippen LogP contribution < -0.4 is 15.8 Å². The van der Waals surface area contributed by atoms with Gasteiger partial charge in [0.05, 0.1) is 11.4 Å². The number of anilines is 3. The molecule has 0 fully saturated rings. The van der Waals surface area contributed by atoms with Crippen molar-refractivity contribution in [3.63, 3.8) is 0 Å². The number of thiol groups is 1. The normalized spacial score (nSPS) is 12.6. The minimum atomic E-state index is -0.0991. The molecule has 2 heterocycles. The van der Waals surface area contributed by atoms with E-state index in [9.17, 15) is 4.79 Å². The van der Waals surface area contributed by atoms with Gasteiger partial charge in [0.15, 0.2) is 11.6 Å². The molecule has 3 aromatic rings. The standard InChI is InChI=1S/C19H26N6OS/c1-11(2)25-19(26)16-9-14(24(5)10-13(4)27)6-7-15(16)18(23-25)20-17-8-12(3)21-22-17/h6-9,11,13,27H,10H2,1-5H3,(H2,20,21,22,23). The first-order valence-electron chi connectivity index (χ1n) is 9.01. The molecule has 0 aliphatic rings. The number of hydrogen-bond donors (Lipinski definition) is 3. The molecule has 7 nitrogen and oxygen atoms in total. The lowest BCUT2D eigenvalue weighted by molar-refractivity contribution is 0.510. The van der Waals surface area contributed by atoms with Gasteiger partial charge < -0.3 is 10.2 Å². The van der Waals surface area contributed by atoms with E-state index in [2.05, 4.69) is 38.1 Å². The Morgan fingerprint density at radius 1 is 1.26 bits per heavy atom. The number of rotatable bonds is 6. The Bertz CT molecular complexity index is 1010. The van der Waals surface area contributed by atoms with Crippen LogP contribution >= 0.6 is 12.6 Å². The van der Waals surface area contributed by atoms with Crippen molar-refractivity contribution in [3.8, 4) is 0 Å². The van der Waals surface area contributed by atoms with Crippen molar-refractivity contribution in [1.82, 2.24) is 20.0 Å². The molecule has 3 rings (SSSR count). The molecule has 27 heavy (non-hydrogen) atoms. The molecule has 1 unspecified atom stereocenters. The van der Waals surface area contributed by atoms with Gasteiger partial charge in [0.1, 0.15) is 0 Å². The molecule has 0 saturated heterocycles. The first-order chi connectivity index (χ1) is 12.8. The predicted molar refractivity (Wildman–Crippen MR) is 115 cm³/mol. The topological polar surface area (TPSA) is 78.8 Å². The lowest BCUT2D eigenvalue weighted by Gasteiger charge is -2.22. The number of aryl methyl sites for hydroxylation is 1. The number of nitrogens with one attached hydrogen (secondary N) is 2. The van der Waals surface area contributed by atoms with Crippen LogP contribution in [0.5, 0.6) is 0 Å². The molecule has 0 amide bonds. The van der Waals surface area contributed by atoms with E-state index >= 15 is 0 Å². The monoisotopic (exact) mass is 386 g/mol. The number of nitrogens with zero attached hydrogens (tertiary/aromatic N) is 4. The molecule has 2 N–H and O–H groups in total. The molecule has 0 spiro atoms. The maximum atomic E-state index is 13.0. The largest absolute Gasteiger partial charge is 0.373 e. The number of H-pyrrole nitrogens is 1. The van der Waals surface area contributed by atoms with E-state index in [1.807, 2.05) is 59.0 Å². The van der Waals surface area contributed by atoms with E-state index < -0.39 is 0 Å². The van der Waals surface area contributed by atoms with Crippen LogP contribution in [0.1, 0.15) is 32.5 Å². The van der Waals surface area contributed by atoms with E-state index in [1.165, 1.54) is 4.68 Å². The Hall–Kier alpha value is -2.48. The highest BCUT2D eigenvalue weighted by atomic mass is 32.1. The number of benzene rings is 1. The van der Waals surface area contributed by atoms with Crippen LogP contribution in [0.3, 0.4) is 0 Å². The summed E-state index contributed by atoms with van der Waals surface area (Å²) in [6.45, 7) is 8.66. The summed E-state index contributed by atoms with van der Waals surface area (Å²) in [5.74, 6) is 1.28. The van der Waals surface area contributed by atoms with Gasteiger partial charge in [0, 0.05) is 41.7 Å². The van der Waals surface area contributed by atoms with Gasteiger partial charge in [0.25, 0.3) is 5.56 Å². The minimum Gasteiger partial charge on any atom is -0.373 e. The van der Waals surface area contributed by atoms with Crippen LogP contribution in [0, 0.1) is 6.92 Å². The van der Waals surface area contributed by atoms with E-state index in [-0.39, 0.29) is 16.9 Å². The Labute approximate surface area is 164 Å². The van der Waals surface area contributed by atoms with Crippen molar-refractivity contribution in [3.05, 3.63) is 40.3 Å². The zero-order valence-electron chi connectivity index (χ0n) is 16.3. The highest BCUT2D eigenvalue weighted by molar-refractivity contribution is 7.80. The summed E-state index contributed by atoms with van der Waals surface area (Å²) in [6, 6.07) is 7.71. The summed E-state index contributed by atoms with van der Waals surface area (Å²) >= 11 is 4.46. The van der Waals surface area contributed by atoms with Gasteiger partial charge in [-0.25, -0.2) is 4.68 Å². The van der Waals surface area contributed by atoms with Gasteiger partial charge in [-0.1, -0.05) is 6.92 Å². The second-order valence-electron chi connectivity index (χ2n) is 7.21. The van der Waals surface area contributed by atoms with Crippen molar-refractivity contribution in [2.75, 3.05) is 23.8 Å². The van der Waals surface area contributed by atoms with Crippen molar-refractivity contribution in [1.29, 1.82) is 0 Å². The average molecular weight is 387 g/mol. The third kappa shape index (κ3) is 4.10. The number of fused-ring (bicyclic) bond motifs is 1. The highest BCUT2D eigenvalue weighted by Gasteiger charge is 2.15. The van der Waals surface area contributed by atoms with Gasteiger partial charge >= 0.3 is 0 Å². The zero-order valence-corrected chi connectivity index (χ0v) is 17.2. The Morgan fingerprint density at radius 2 is 2.00 bits per heavy atom. The molecule has 8 heteroatoms. The summed E-state index contributed by atoms with van der Waals surface area (Å²) in [5, 5.41) is 16.5. The molecule has 0 radical (unpaired) electrons. The van der Waals surface area contributed by atoms with Crippen LogP contribution in [0.2, 0.25) is 0 Å². The van der Waals surface area contributed by atoms with E-state index in [4.69, 9.17) is 0 Å². The third-order valence-electron chi connectivity index (χ3n) is 4.32. The fourth-order valence-electron chi connectivity index (χ4n) is 3.03. The van der Waals surface area contributed by atoms with Crippen LogP contribution in [-0.2, 0) is 0 Å². The minimum absolute atomic E-state index is 0.0535. The Balaban J connectivity index is 2.14. The molecule has 1 aromatic carbocycles. The third-order valence-corrected chi connectivity index (χ3v) is 4.49. The van der Waals surface area contributed by atoms with Gasteiger partial charge in [0.2, 0.25) is 0 Å². The van der Waals surface area contributed by atoms with Gasteiger partial charge in [-0.15, -0.1) is 0 Å². The quantitative estimate of drug-likeness (QED) is 0.565. The number of aromatic amines is 1.